The molecule has 1 aliphatic rings. The number of hydrogen-bond donors (Lipinski definition) is 2. The molecule has 1 aromatic rings. The summed E-state index contributed by atoms with van der Waals surface area (Å²) in [5.74, 6) is 0. The van der Waals surface area contributed by atoms with E-state index in [2.05, 4.69) is 29.6 Å². The maximum absolute atomic E-state index is 8.75. The lowest BCUT2D eigenvalue weighted by atomic mass is 9.88. The summed E-state index contributed by atoms with van der Waals surface area (Å²) in [7, 11) is 0. The van der Waals surface area contributed by atoms with Crippen LogP contribution in [0.4, 0.5) is 0 Å². The quantitative estimate of drug-likeness (QED) is 0.737. The Labute approximate surface area is 91.3 Å². The molecule has 0 radical (unpaired) electrons. The highest BCUT2D eigenvalue weighted by Gasteiger charge is 2.18. The van der Waals surface area contributed by atoms with Crippen LogP contribution in [0.5, 0.6) is 0 Å². The maximum Gasteiger partial charge on any atom is 0.0443 e. The third-order valence-corrected chi connectivity index (χ3v) is 3.10. The van der Waals surface area contributed by atoms with Crippen LogP contribution in [0.15, 0.2) is 24.3 Å². The second-order valence-electron chi connectivity index (χ2n) is 4.17. The van der Waals surface area contributed by atoms with Gasteiger partial charge in [0.2, 0.25) is 0 Å². The molecule has 0 aromatic heterocycles. The second-order valence-corrected chi connectivity index (χ2v) is 4.17. The van der Waals surface area contributed by atoms with Crippen LogP contribution in [0, 0.1) is 0 Å². The summed E-state index contributed by atoms with van der Waals surface area (Å²) in [5.41, 5.74) is 2.95. The average molecular weight is 205 g/mol. The van der Waals surface area contributed by atoms with Crippen LogP contribution in [0.2, 0.25) is 0 Å². The van der Waals surface area contributed by atoms with Crippen LogP contribution in [-0.4, -0.2) is 18.3 Å². The smallest absolute Gasteiger partial charge is 0.0443 e. The molecule has 15 heavy (non-hydrogen) atoms. The molecule has 1 atom stereocenters. The van der Waals surface area contributed by atoms with Crippen LogP contribution in [-0.2, 0) is 6.42 Å². The van der Waals surface area contributed by atoms with Gasteiger partial charge in [0.1, 0.15) is 0 Å². The van der Waals surface area contributed by atoms with Gasteiger partial charge < -0.3 is 10.4 Å². The highest BCUT2D eigenvalue weighted by atomic mass is 16.3. The van der Waals surface area contributed by atoms with Gasteiger partial charge >= 0.3 is 0 Å². The van der Waals surface area contributed by atoms with Gasteiger partial charge in [-0.2, -0.15) is 0 Å². The van der Waals surface area contributed by atoms with Crippen LogP contribution in [0.1, 0.15) is 36.4 Å². The number of aliphatic hydroxyl groups is 1. The van der Waals surface area contributed by atoms with Gasteiger partial charge in [-0.1, -0.05) is 24.3 Å². The Morgan fingerprint density at radius 3 is 3.07 bits per heavy atom. The van der Waals surface area contributed by atoms with Crippen molar-refractivity contribution in [2.45, 2.75) is 31.7 Å². The average Bonchev–Trinajstić information content (AvgIpc) is 2.30. The van der Waals surface area contributed by atoms with E-state index < -0.39 is 0 Å². The first kappa shape index (κ1) is 10.7. The number of fused-ring (bicyclic) bond motifs is 1. The molecule has 0 bridgehead atoms. The van der Waals surface area contributed by atoms with E-state index >= 15 is 0 Å². The number of aryl methyl sites for hydroxylation is 1. The number of benzene rings is 1. The molecule has 82 valence electrons. The summed E-state index contributed by atoms with van der Waals surface area (Å²) in [6.45, 7) is 1.19. The third-order valence-electron chi connectivity index (χ3n) is 3.10. The Kier molecular flexibility index (Phi) is 3.75. The van der Waals surface area contributed by atoms with Gasteiger partial charge in [-0.05, 0) is 43.4 Å². The van der Waals surface area contributed by atoms with Crippen molar-refractivity contribution in [2.75, 3.05) is 13.2 Å². The highest BCUT2D eigenvalue weighted by molar-refractivity contribution is 5.32. The molecule has 0 saturated heterocycles. The summed E-state index contributed by atoms with van der Waals surface area (Å²) in [6.07, 6.45) is 4.56. The SMILES string of the molecule is OCCCN[C@@H]1CCCc2ccccc21. The first-order chi connectivity index (χ1) is 7.42. The van der Waals surface area contributed by atoms with E-state index in [-0.39, 0.29) is 6.61 Å². The molecule has 0 spiro atoms. The zero-order chi connectivity index (χ0) is 10.5. The Hall–Kier alpha value is -0.860. The van der Waals surface area contributed by atoms with Gasteiger partial charge in [0.25, 0.3) is 0 Å². The van der Waals surface area contributed by atoms with Crippen molar-refractivity contribution in [3.8, 4) is 0 Å². The Bertz CT molecular complexity index is 311. The maximum atomic E-state index is 8.75. The molecule has 0 aliphatic heterocycles. The Morgan fingerprint density at radius 2 is 2.20 bits per heavy atom. The summed E-state index contributed by atoms with van der Waals surface area (Å²) >= 11 is 0. The van der Waals surface area contributed by atoms with E-state index in [1.54, 1.807) is 0 Å². The summed E-state index contributed by atoms with van der Waals surface area (Å²) in [4.78, 5) is 0. The Morgan fingerprint density at radius 1 is 1.33 bits per heavy atom. The van der Waals surface area contributed by atoms with E-state index in [4.69, 9.17) is 5.11 Å². The molecule has 0 fully saturated rings. The van der Waals surface area contributed by atoms with Crippen molar-refractivity contribution >= 4 is 0 Å². The minimum absolute atomic E-state index is 0.279. The topological polar surface area (TPSA) is 32.3 Å². The first-order valence-electron chi connectivity index (χ1n) is 5.84. The van der Waals surface area contributed by atoms with E-state index in [1.807, 2.05) is 0 Å². The van der Waals surface area contributed by atoms with Crippen molar-refractivity contribution in [3.05, 3.63) is 35.4 Å². The summed E-state index contributed by atoms with van der Waals surface area (Å²) in [5, 5.41) is 12.3. The molecule has 2 N–H and O–H groups in total. The third kappa shape index (κ3) is 2.58. The zero-order valence-electron chi connectivity index (χ0n) is 9.08. The molecule has 2 nitrogen and oxygen atoms in total. The monoisotopic (exact) mass is 205 g/mol. The van der Waals surface area contributed by atoms with Crippen molar-refractivity contribution in [2.24, 2.45) is 0 Å². The van der Waals surface area contributed by atoms with Gasteiger partial charge in [-0.3, -0.25) is 0 Å². The molecule has 2 rings (SSSR count). The normalized spacial score (nSPS) is 19.9. The number of hydrogen-bond acceptors (Lipinski definition) is 2. The molecule has 0 saturated carbocycles. The minimum Gasteiger partial charge on any atom is -0.396 e. The fraction of sp³-hybridized carbons (Fsp3) is 0.538. The van der Waals surface area contributed by atoms with Crippen molar-refractivity contribution in [3.63, 3.8) is 0 Å². The summed E-state index contributed by atoms with van der Waals surface area (Å²) in [6, 6.07) is 9.20. The Balaban J connectivity index is 2.02. The molecular weight excluding hydrogens is 186 g/mol. The molecule has 0 amide bonds. The minimum atomic E-state index is 0.279. The van der Waals surface area contributed by atoms with Crippen molar-refractivity contribution < 1.29 is 5.11 Å². The lowest BCUT2D eigenvalue weighted by molar-refractivity contribution is 0.281. The van der Waals surface area contributed by atoms with E-state index in [1.165, 1.54) is 30.4 Å². The summed E-state index contributed by atoms with van der Waals surface area (Å²) < 4.78 is 0. The van der Waals surface area contributed by atoms with Crippen LogP contribution in [0.25, 0.3) is 0 Å². The highest BCUT2D eigenvalue weighted by Crippen LogP contribution is 2.29. The van der Waals surface area contributed by atoms with Crippen LogP contribution < -0.4 is 5.32 Å². The van der Waals surface area contributed by atoms with Gasteiger partial charge in [-0.15, -0.1) is 0 Å². The number of rotatable bonds is 4. The largest absolute Gasteiger partial charge is 0.396 e. The van der Waals surface area contributed by atoms with Gasteiger partial charge in [0, 0.05) is 12.6 Å². The molecular formula is C13H19NO. The molecule has 0 heterocycles. The van der Waals surface area contributed by atoms with Crippen LogP contribution in [0.3, 0.4) is 0 Å². The standard InChI is InChI=1S/C13H19NO/c15-10-4-9-14-13-8-3-6-11-5-1-2-7-12(11)13/h1-2,5,7,13-15H,3-4,6,8-10H2/t13-/m1/s1. The van der Waals surface area contributed by atoms with Crippen molar-refractivity contribution in [1.82, 2.24) is 5.32 Å². The van der Waals surface area contributed by atoms with Crippen LogP contribution >= 0.6 is 0 Å². The predicted octanol–water partition coefficient (Wildman–Crippen LogP) is 2.04. The fourth-order valence-corrected chi connectivity index (χ4v) is 2.32. The number of aliphatic hydroxyl groups excluding tert-OH is 1. The predicted molar refractivity (Wildman–Crippen MR) is 61.8 cm³/mol. The molecule has 0 unspecified atom stereocenters. The lowest BCUT2D eigenvalue weighted by Crippen LogP contribution is -2.26. The molecule has 2 heteroatoms. The van der Waals surface area contributed by atoms with Gasteiger partial charge in [0.05, 0.1) is 0 Å². The number of nitrogens with one attached hydrogen (secondary N) is 1. The molecule has 1 aromatic carbocycles. The lowest BCUT2D eigenvalue weighted by Gasteiger charge is -2.26. The first-order valence-corrected chi connectivity index (χ1v) is 5.84. The van der Waals surface area contributed by atoms with Crippen molar-refractivity contribution in [1.29, 1.82) is 0 Å². The fourth-order valence-electron chi connectivity index (χ4n) is 2.32. The molecule has 1 aliphatic carbocycles. The van der Waals surface area contributed by atoms with Gasteiger partial charge in [-0.25, -0.2) is 0 Å². The van der Waals surface area contributed by atoms with E-state index in [0.717, 1.165) is 13.0 Å². The zero-order valence-corrected chi connectivity index (χ0v) is 9.08. The van der Waals surface area contributed by atoms with E-state index in [0.29, 0.717) is 6.04 Å². The second kappa shape index (κ2) is 5.29. The van der Waals surface area contributed by atoms with Gasteiger partial charge in [0.15, 0.2) is 0 Å². The van der Waals surface area contributed by atoms with E-state index in [9.17, 15) is 0 Å².